The lowest BCUT2D eigenvalue weighted by Crippen LogP contribution is -2.40. The molecule has 0 bridgehead atoms. The fourth-order valence-electron chi connectivity index (χ4n) is 5.07. The van der Waals surface area contributed by atoms with Gasteiger partial charge in [-0.15, -0.1) is 0 Å². The van der Waals surface area contributed by atoms with Crippen LogP contribution < -0.4 is 10.6 Å². The number of nitrogens with one attached hydrogen (secondary N) is 2. The molecule has 0 radical (unpaired) electrons. The number of hydrogen-bond donors (Lipinski definition) is 2. The Kier molecular flexibility index (Phi) is 9.18. The number of pyridine rings is 1. The van der Waals surface area contributed by atoms with Gasteiger partial charge in [-0.25, -0.2) is 9.78 Å². The number of carbonyl (C=O) groups excluding carboxylic acids is 2. The van der Waals surface area contributed by atoms with E-state index in [2.05, 4.69) is 29.4 Å². The highest BCUT2D eigenvalue weighted by Crippen LogP contribution is 2.25. The summed E-state index contributed by atoms with van der Waals surface area (Å²) in [5.74, 6) is 0.558. The van der Waals surface area contributed by atoms with Crippen molar-refractivity contribution in [1.29, 1.82) is 0 Å². The summed E-state index contributed by atoms with van der Waals surface area (Å²) < 4.78 is 7.24. The molecular formula is C30H40ClN5O3. The number of benzene rings is 1. The molecule has 9 heteroatoms. The molecule has 1 fully saturated rings. The Morgan fingerprint density at radius 3 is 2.59 bits per heavy atom. The summed E-state index contributed by atoms with van der Waals surface area (Å²) in [6, 6.07) is 13.5. The number of hydrogen-bond acceptors (Lipinski definition) is 5. The molecule has 2 N–H and O–H groups in total. The van der Waals surface area contributed by atoms with Gasteiger partial charge in [-0.3, -0.25) is 14.1 Å². The normalized spacial score (nSPS) is 16.9. The smallest absolute Gasteiger partial charge is 0.407 e. The van der Waals surface area contributed by atoms with Gasteiger partial charge < -0.3 is 15.4 Å². The second-order valence-corrected chi connectivity index (χ2v) is 12.3. The summed E-state index contributed by atoms with van der Waals surface area (Å²) in [4.78, 5) is 32.4. The minimum Gasteiger partial charge on any atom is -0.444 e. The van der Waals surface area contributed by atoms with Gasteiger partial charge in [0, 0.05) is 49.4 Å². The maximum Gasteiger partial charge on any atom is 0.407 e. The number of amides is 2. The third-order valence-electron chi connectivity index (χ3n) is 6.76. The third kappa shape index (κ3) is 8.19. The fourth-order valence-corrected chi connectivity index (χ4v) is 5.19. The quantitative estimate of drug-likeness (QED) is 0.358. The van der Waals surface area contributed by atoms with E-state index in [9.17, 15) is 9.59 Å². The molecule has 2 atom stereocenters. The summed E-state index contributed by atoms with van der Waals surface area (Å²) in [6.45, 7) is 12.7. The lowest BCUT2D eigenvalue weighted by molar-refractivity contribution is 0.0505. The molecule has 1 aromatic carbocycles. The Morgan fingerprint density at radius 1 is 1.15 bits per heavy atom. The number of fused-ring (bicyclic) bond motifs is 1. The first-order valence-electron chi connectivity index (χ1n) is 13.7. The standard InChI is InChI=1S/C30H40ClN5O3/c1-20(2)15-22(21-9-11-23(31)12-10-21)16-32-28(37)26-7-6-8-27-33-25(19-36(26)27)18-35-14-13-24(17-35)34-29(38)39-30(3,4)5/h6-12,19-20,22,24H,13-18H2,1-5H3,(H,32,37)(H,34,38)/t22?,24-/m1/s1. The van der Waals surface area contributed by atoms with Gasteiger partial charge in [-0.05, 0) is 69.4 Å². The zero-order valence-electron chi connectivity index (χ0n) is 23.5. The summed E-state index contributed by atoms with van der Waals surface area (Å²) in [7, 11) is 0. The van der Waals surface area contributed by atoms with Gasteiger partial charge >= 0.3 is 6.09 Å². The topological polar surface area (TPSA) is 88.0 Å². The van der Waals surface area contributed by atoms with Gasteiger partial charge in [0.05, 0.1) is 5.69 Å². The Hall–Kier alpha value is -3.10. The minimum atomic E-state index is -0.520. The number of aromatic nitrogens is 2. The van der Waals surface area contributed by atoms with Crippen molar-refractivity contribution in [3.05, 3.63) is 70.6 Å². The van der Waals surface area contributed by atoms with E-state index in [0.717, 1.165) is 37.3 Å². The molecule has 0 aliphatic carbocycles. The number of alkyl carbamates (subject to hydrolysis) is 1. The highest BCUT2D eigenvalue weighted by Gasteiger charge is 2.27. The molecule has 3 heterocycles. The Morgan fingerprint density at radius 2 is 1.90 bits per heavy atom. The van der Waals surface area contributed by atoms with Crippen molar-refractivity contribution in [1.82, 2.24) is 24.9 Å². The molecule has 1 saturated heterocycles. The SMILES string of the molecule is CC(C)CC(CNC(=O)c1cccc2nc(CN3CC[C@@H](NC(=O)OC(C)(C)C)C3)cn12)c1ccc(Cl)cc1. The van der Waals surface area contributed by atoms with Crippen LogP contribution in [0.1, 0.15) is 75.1 Å². The van der Waals surface area contributed by atoms with Crippen molar-refractivity contribution in [3.63, 3.8) is 0 Å². The van der Waals surface area contributed by atoms with Crippen molar-refractivity contribution in [2.75, 3.05) is 19.6 Å². The molecule has 1 aliphatic heterocycles. The second kappa shape index (κ2) is 12.4. The zero-order valence-corrected chi connectivity index (χ0v) is 24.3. The van der Waals surface area contributed by atoms with Crippen LogP contribution in [0.15, 0.2) is 48.7 Å². The highest BCUT2D eigenvalue weighted by molar-refractivity contribution is 6.30. The van der Waals surface area contributed by atoms with Crippen LogP contribution in [0.5, 0.6) is 0 Å². The van der Waals surface area contributed by atoms with Crippen LogP contribution in [0.2, 0.25) is 5.02 Å². The number of nitrogens with zero attached hydrogens (tertiary/aromatic N) is 3. The number of likely N-dealkylation sites (tertiary alicyclic amines) is 1. The van der Waals surface area contributed by atoms with Gasteiger partial charge in [0.25, 0.3) is 5.91 Å². The molecule has 39 heavy (non-hydrogen) atoms. The van der Waals surface area contributed by atoms with Crippen LogP contribution in [0.4, 0.5) is 4.79 Å². The summed E-state index contributed by atoms with van der Waals surface area (Å²) in [6.07, 6.45) is 3.36. The molecule has 0 saturated carbocycles. The molecule has 8 nitrogen and oxygen atoms in total. The molecule has 1 aliphatic rings. The number of rotatable bonds is 9. The minimum absolute atomic E-state index is 0.0395. The molecule has 210 valence electrons. The van der Waals surface area contributed by atoms with Crippen LogP contribution in [0, 0.1) is 5.92 Å². The third-order valence-corrected chi connectivity index (χ3v) is 7.01. The largest absolute Gasteiger partial charge is 0.444 e. The summed E-state index contributed by atoms with van der Waals surface area (Å²) in [5.41, 5.74) is 2.82. The first-order valence-corrected chi connectivity index (χ1v) is 14.1. The second-order valence-electron chi connectivity index (χ2n) is 11.8. The molecule has 1 unspecified atom stereocenters. The average Bonchev–Trinajstić information content (AvgIpc) is 3.46. The number of ether oxygens (including phenoxy) is 1. The van der Waals surface area contributed by atoms with Crippen molar-refractivity contribution >= 4 is 29.2 Å². The van der Waals surface area contributed by atoms with E-state index in [1.807, 2.05) is 73.8 Å². The van der Waals surface area contributed by atoms with Gasteiger partial charge in [-0.1, -0.05) is 43.6 Å². The van der Waals surface area contributed by atoms with E-state index in [1.54, 1.807) is 0 Å². The lowest BCUT2D eigenvalue weighted by Gasteiger charge is -2.22. The van der Waals surface area contributed by atoms with Gasteiger partial charge in [0.2, 0.25) is 0 Å². The van der Waals surface area contributed by atoms with E-state index in [1.165, 1.54) is 5.56 Å². The van der Waals surface area contributed by atoms with Crippen LogP contribution in [-0.4, -0.2) is 57.6 Å². The number of imidazole rings is 1. The van der Waals surface area contributed by atoms with Gasteiger partial charge in [0.1, 0.15) is 16.9 Å². The van der Waals surface area contributed by atoms with Crippen molar-refractivity contribution in [3.8, 4) is 0 Å². The van der Waals surface area contributed by atoms with Crippen molar-refractivity contribution < 1.29 is 14.3 Å². The van der Waals surface area contributed by atoms with Crippen LogP contribution in [-0.2, 0) is 11.3 Å². The van der Waals surface area contributed by atoms with Crippen molar-refractivity contribution in [2.45, 2.75) is 71.6 Å². The first-order chi connectivity index (χ1) is 18.5. The Labute approximate surface area is 236 Å². The van der Waals surface area contributed by atoms with Crippen molar-refractivity contribution in [2.24, 2.45) is 5.92 Å². The predicted octanol–water partition coefficient (Wildman–Crippen LogP) is 5.65. The number of halogens is 1. The fraction of sp³-hybridized carbons (Fsp3) is 0.500. The lowest BCUT2D eigenvalue weighted by atomic mass is 9.90. The summed E-state index contributed by atoms with van der Waals surface area (Å²) >= 11 is 6.09. The van der Waals surface area contributed by atoms with Crippen LogP contribution >= 0.6 is 11.6 Å². The highest BCUT2D eigenvalue weighted by atomic mass is 35.5. The van der Waals surface area contributed by atoms with E-state index < -0.39 is 5.60 Å². The average molecular weight is 554 g/mol. The van der Waals surface area contributed by atoms with E-state index in [0.29, 0.717) is 29.7 Å². The molecule has 2 aromatic heterocycles. The molecular weight excluding hydrogens is 514 g/mol. The molecule has 0 spiro atoms. The van der Waals surface area contributed by atoms with Crippen LogP contribution in [0.3, 0.4) is 0 Å². The predicted molar refractivity (Wildman–Crippen MR) is 154 cm³/mol. The Bertz CT molecular complexity index is 1280. The molecule has 3 aromatic rings. The monoisotopic (exact) mass is 553 g/mol. The molecule has 4 rings (SSSR count). The maximum atomic E-state index is 13.3. The van der Waals surface area contributed by atoms with Gasteiger partial charge in [0.15, 0.2) is 0 Å². The van der Waals surface area contributed by atoms with Crippen LogP contribution in [0.25, 0.3) is 5.65 Å². The zero-order chi connectivity index (χ0) is 28.2. The van der Waals surface area contributed by atoms with E-state index in [-0.39, 0.29) is 24.0 Å². The van der Waals surface area contributed by atoms with E-state index >= 15 is 0 Å². The first kappa shape index (κ1) is 28.9. The summed E-state index contributed by atoms with van der Waals surface area (Å²) in [5, 5.41) is 6.82. The van der Waals surface area contributed by atoms with Gasteiger partial charge in [-0.2, -0.15) is 0 Å². The maximum absolute atomic E-state index is 13.3. The Balaban J connectivity index is 1.39. The molecule has 2 amide bonds. The van der Waals surface area contributed by atoms with E-state index in [4.69, 9.17) is 21.3 Å². The number of carbonyl (C=O) groups is 2.